The highest BCUT2D eigenvalue weighted by atomic mass is 32.2. The van der Waals surface area contributed by atoms with E-state index in [9.17, 15) is 0 Å². The molecule has 3 atom stereocenters. The molecule has 0 amide bonds. The molecular weight excluding hydrogens is 154 g/mol. The monoisotopic (exact) mass is 167 g/mol. The summed E-state index contributed by atoms with van der Waals surface area (Å²) in [6.07, 6.45) is 7.79. The van der Waals surface area contributed by atoms with Gasteiger partial charge in [0, 0.05) is 5.25 Å². The average molecular weight is 167 g/mol. The minimum absolute atomic E-state index is 0.357. The van der Waals surface area contributed by atoms with Crippen LogP contribution in [0, 0.1) is 5.92 Å². The van der Waals surface area contributed by atoms with Crippen molar-refractivity contribution in [2.45, 2.75) is 24.0 Å². The molecule has 1 heterocycles. The summed E-state index contributed by atoms with van der Waals surface area (Å²) in [6.45, 7) is 2.21. The predicted molar refractivity (Wildman–Crippen MR) is 50.4 cm³/mol. The first-order valence-corrected chi connectivity index (χ1v) is 4.97. The lowest BCUT2D eigenvalue weighted by molar-refractivity contribution is 0.599. The van der Waals surface area contributed by atoms with E-state index in [1.54, 1.807) is 0 Å². The molecule has 0 aromatic heterocycles. The van der Waals surface area contributed by atoms with Crippen LogP contribution in [0.1, 0.15) is 13.3 Å². The Kier molecular flexibility index (Phi) is 1.81. The van der Waals surface area contributed by atoms with E-state index in [0.29, 0.717) is 10.6 Å². The summed E-state index contributed by atoms with van der Waals surface area (Å²) in [5, 5.41) is 1.02. The first-order chi connectivity index (χ1) is 5.27. The van der Waals surface area contributed by atoms with Crippen LogP contribution in [-0.4, -0.2) is 10.6 Å². The van der Waals surface area contributed by atoms with E-state index >= 15 is 0 Å². The first-order valence-electron chi connectivity index (χ1n) is 4.03. The molecule has 2 heteroatoms. The minimum Gasteiger partial charge on any atom is -0.319 e. The summed E-state index contributed by atoms with van der Waals surface area (Å²) in [5.41, 5.74) is 7.36. The molecule has 11 heavy (non-hydrogen) atoms. The molecule has 0 spiro atoms. The summed E-state index contributed by atoms with van der Waals surface area (Å²) < 4.78 is 0. The molecule has 1 fully saturated rings. The van der Waals surface area contributed by atoms with Crippen LogP contribution in [0.5, 0.6) is 0 Å². The Balaban J connectivity index is 2.21. The molecule has 1 aliphatic heterocycles. The molecule has 0 radical (unpaired) electrons. The van der Waals surface area contributed by atoms with E-state index < -0.39 is 0 Å². The van der Waals surface area contributed by atoms with Crippen LogP contribution in [0.2, 0.25) is 0 Å². The van der Waals surface area contributed by atoms with Gasteiger partial charge in [0.25, 0.3) is 0 Å². The van der Waals surface area contributed by atoms with Crippen molar-refractivity contribution in [3.05, 3.63) is 23.8 Å². The second-order valence-corrected chi connectivity index (χ2v) is 4.70. The van der Waals surface area contributed by atoms with Crippen molar-refractivity contribution in [3.63, 3.8) is 0 Å². The SMILES string of the molecule is CC1=CC=CC2SC(N)CC12. The van der Waals surface area contributed by atoms with Crippen molar-refractivity contribution in [2.24, 2.45) is 11.7 Å². The van der Waals surface area contributed by atoms with Gasteiger partial charge in [-0.15, -0.1) is 11.8 Å². The summed E-state index contributed by atoms with van der Waals surface area (Å²) in [6, 6.07) is 0. The van der Waals surface area contributed by atoms with Gasteiger partial charge in [-0.25, -0.2) is 0 Å². The van der Waals surface area contributed by atoms with Crippen molar-refractivity contribution >= 4 is 11.8 Å². The fourth-order valence-corrected chi connectivity index (χ4v) is 3.22. The predicted octanol–water partition coefficient (Wildman–Crippen LogP) is 1.91. The zero-order valence-electron chi connectivity index (χ0n) is 6.66. The fraction of sp³-hybridized carbons (Fsp3) is 0.556. The van der Waals surface area contributed by atoms with Crippen LogP contribution in [0.4, 0.5) is 0 Å². The van der Waals surface area contributed by atoms with Gasteiger partial charge in [0.1, 0.15) is 0 Å². The van der Waals surface area contributed by atoms with Crippen LogP contribution >= 0.6 is 11.8 Å². The van der Waals surface area contributed by atoms with E-state index in [2.05, 4.69) is 25.2 Å². The van der Waals surface area contributed by atoms with Gasteiger partial charge >= 0.3 is 0 Å². The summed E-state index contributed by atoms with van der Waals surface area (Å²) >= 11 is 1.90. The van der Waals surface area contributed by atoms with E-state index in [1.807, 2.05) is 11.8 Å². The lowest BCUT2D eigenvalue weighted by atomic mass is 9.90. The molecule has 2 rings (SSSR count). The number of hydrogen-bond donors (Lipinski definition) is 1. The van der Waals surface area contributed by atoms with Gasteiger partial charge in [-0.2, -0.15) is 0 Å². The minimum atomic E-state index is 0.357. The maximum absolute atomic E-state index is 5.86. The van der Waals surface area contributed by atoms with Crippen molar-refractivity contribution in [1.29, 1.82) is 0 Å². The number of fused-ring (bicyclic) bond motifs is 1. The molecule has 0 saturated carbocycles. The number of thioether (sulfide) groups is 1. The number of allylic oxidation sites excluding steroid dienone is 3. The Labute approximate surface area is 71.7 Å². The van der Waals surface area contributed by atoms with E-state index in [-0.39, 0.29) is 0 Å². The van der Waals surface area contributed by atoms with E-state index in [1.165, 1.54) is 5.57 Å². The molecule has 1 nitrogen and oxygen atoms in total. The smallest absolute Gasteiger partial charge is 0.0519 e. The summed E-state index contributed by atoms with van der Waals surface area (Å²) in [4.78, 5) is 0. The molecule has 0 aromatic carbocycles. The van der Waals surface area contributed by atoms with Crippen LogP contribution in [0.3, 0.4) is 0 Å². The highest BCUT2D eigenvalue weighted by Crippen LogP contribution is 2.42. The van der Waals surface area contributed by atoms with Gasteiger partial charge in [-0.3, -0.25) is 0 Å². The van der Waals surface area contributed by atoms with Crippen LogP contribution < -0.4 is 5.73 Å². The van der Waals surface area contributed by atoms with Gasteiger partial charge in [0.2, 0.25) is 0 Å². The molecule has 2 N–H and O–H groups in total. The molecule has 3 unspecified atom stereocenters. The second kappa shape index (κ2) is 2.68. The quantitative estimate of drug-likeness (QED) is 0.596. The Bertz CT molecular complexity index is 220. The summed E-state index contributed by atoms with van der Waals surface area (Å²) in [5.74, 6) is 0.722. The average Bonchev–Trinajstić information content (AvgIpc) is 2.31. The van der Waals surface area contributed by atoms with Crippen LogP contribution in [-0.2, 0) is 0 Å². The lowest BCUT2D eigenvalue weighted by Crippen LogP contribution is -2.14. The van der Waals surface area contributed by atoms with Gasteiger partial charge < -0.3 is 5.73 Å². The highest BCUT2D eigenvalue weighted by molar-refractivity contribution is 8.00. The number of nitrogens with two attached hydrogens (primary N) is 1. The number of rotatable bonds is 0. The molecule has 1 aliphatic carbocycles. The van der Waals surface area contributed by atoms with Gasteiger partial charge in [0.05, 0.1) is 5.37 Å². The standard InChI is InChI=1S/C9H13NS/c1-6-3-2-4-8-7(6)5-9(10)11-8/h2-4,7-9H,5,10H2,1H3. The normalized spacial score (nSPS) is 42.0. The highest BCUT2D eigenvalue weighted by Gasteiger charge is 2.33. The third-order valence-electron chi connectivity index (χ3n) is 2.46. The maximum atomic E-state index is 5.86. The zero-order chi connectivity index (χ0) is 7.84. The van der Waals surface area contributed by atoms with Gasteiger partial charge in [-0.05, 0) is 19.3 Å². The molecule has 0 aromatic rings. The Hall–Kier alpha value is -0.210. The van der Waals surface area contributed by atoms with Crippen molar-refractivity contribution in [2.75, 3.05) is 0 Å². The lowest BCUT2D eigenvalue weighted by Gasteiger charge is -2.18. The van der Waals surface area contributed by atoms with Crippen LogP contribution in [0.15, 0.2) is 23.8 Å². The van der Waals surface area contributed by atoms with Crippen molar-refractivity contribution < 1.29 is 0 Å². The van der Waals surface area contributed by atoms with Crippen molar-refractivity contribution in [1.82, 2.24) is 0 Å². The van der Waals surface area contributed by atoms with Gasteiger partial charge in [-0.1, -0.05) is 23.8 Å². The van der Waals surface area contributed by atoms with Crippen molar-refractivity contribution in [3.8, 4) is 0 Å². The molecule has 1 saturated heterocycles. The molecule has 2 aliphatic rings. The Morgan fingerprint density at radius 1 is 1.64 bits per heavy atom. The van der Waals surface area contributed by atoms with Crippen LogP contribution in [0.25, 0.3) is 0 Å². The van der Waals surface area contributed by atoms with E-state index in [4.69, 9.17) is 5.73 Å². The molecule has 60 valence electrons. The Morgan fingerprint density at radius 2 is 2.45 bits per heavy atom. The third-order valence-corrected chi connectivity index (χ3v) is 3.80. The molecular formula is C9H13NS. The summed E-state index contributed by atoms with van der Waals surface area (Å²) in [7, 11) is 0. The maximum Gasteiger partial charge on any atom is 0.0519 e. The second-order valence-electron chi connectivity index (χ2n) is 3.28. The largest absolute Gasteiger partial charge is 0.319 e. The topological polar surface area (TPSA) is 26.0 Å². The Morgan fingerprint density at radius 3 is 3.18 bits per heavy atom. The van der Waals surface area contributed by atoms with Gasteiger partial charge in [0.15, 0.2) is 0 Å². The van der Waals surface area contributed by atoms with E-state index in [0.717, 1.165) is 12.3 Å². The molecule has 0 bridgehead atoms. The first kappa shape index (κ1) is 7.44. The number of hydrogen-bond acceptors (Lipinski definition) is 2. The third kappa shape index (κ3) is 1.25. The zero-order valence-corrected chi connectivity index (χ0v) is 7.47. The fourth-order valence-electron chi connectivity index (χ4n) is 1.80.